The van der Waals surface area contributed by atoms with Gasteiger partial charge in [0.2, 0.25) is 0 Å². The molecule has 0 aliphatic rings. The summed E-state index contributed by atoms with van der Waals surface area (Å²) in [7, 11) is -2.15. The van der Waals surface area contributed by atoms with E-state index in [1.165, 1.54) is 128 Å². The number of unbranched alkanes of at least 4 members (excludes halogenated alkanes) is 20. The Balaban J connectivity index is 3.39. The van der Waals surface area contributed by atoms with Crippen molar-refractivity contribution in [2.75, 3.05) is 13.2 Å². The highest BCUT2D eigenvalue weighted by Gasteiger charge is 2.26. The molecule has 0 saturated heterocycles. The van der Waals surface area contributed by atoms with Crippen LogP contribution < -0.4 is 0 Å². The second-order valence-electron chi connectivity index (χ2n) is 9.99. The van der Waals surface area contributed by atoms with Gasteiger partial charge >= 0.3 is 8.56 Å². The Morgan fingerprint density at radius 2 is 0.719 bits per heavy atom. The molecule has 0 aromatic heterocycles. The lowest BCUT2D eigenvalue weighted by Crippen LogP contribution is -2.37. The molecular formula is C29H60O2Si. The summed E-state index contributed by atoms with van der Waals surface area (Å²) >= 11 is 0. The van der Waals surface area contributed by atoms with E-state index in [0.29, 0.717) is 0 Å². The zero-order valence-corrected chi connectivity index (χ0v) is 23.6. The maximum Gasteiger partial charge on any atom is 0.361 e. The van der Waals surface area contributed by atoms with E-state index in [4.69, 9.17) is 8.85 Å². The first-order valence-electron chi connectivity index (χ1n) is 14.6. The van der Waals surface area contributed by atoms with Crippen LogP contribution in [-0.2, 0) is 8.85 Å². The molecule has 0 aliphatic carbocycles. The summed E-state index contributed by atoms with van der Waals surface area (Å²) in [5.74, 6) is 0. The van der Waals surface area contributed by atoms with Gasteiger partial charge in [-0.2, -0.15) is 0 Å². The Hall–Kier alpha value is -0.123. The zero-order chi connectivity index (χ0) is 23.6. The molecule has 0 N–H and O–H groups in total. The summed E-state index contributed by atoms with van der Waals surface area (Å²) in [5.41, 5.74) is 1.96. The third-order valence-corrected chi connectivity index (χ3v) is 8.94. The van der Waals surface area contributed by atoms with Crippen molar-refractivity contribution in [3.8, 4) is 0 Å². The van der Waals surface area contributed by atoms with E-state index in [9.17, 15) is 0 Å². The molecule has 1 unspecified atom stereocenters. The predicted molar refractivity (Wildman–Crippen MR) is 147 cm³/mol. The molecule has 1 atom stereocenters. The van der Waals surface area contributed by atoms with Gasteiger partial charge in [0.25, 0.3) is 0 Å². The Labute approximate surface area is 204 Å². The smallest absolute Gasteiger partial charge is 0.361 e. The summed E-state index contributed by atoms with van der Waals surface area (Å²) < 4.78 is 12.3. The zero-order valence-electron chi connectivity index (χ0n) is 22.6. The molecule has 32 heavy (non-hydrogen) atoms. The highest BCUT2D eigenvalue weighted by molar-refractivity contribution is 6.71. The minimum absolute atomic E-state index is 0.835. The Kier molecular flexibility index (Phi) is 25.4. The molecular weight excluding hydrogens is 408 g/mol. The van der Waals surface area contributed by atoms with Gasteiger partial charge < -0.3 is 8.85 Å². The summed E-state index contributed by atoms with van der Waals surface area (Å²) in [5, 5.41) is 0. The second-order valence-corrected chi connectivity index (χ2v) is 13.0. The minimum Gasteiger partial charge on any atom is -0.391 e. The van der Waals surface area contributed by atoms with Gasteiger partial charge in [0.1, 0.15) is 0 Å². The van der Waals surface area contributed by atoms with Gasteiger partial charge in [0, 0.05) is 13.2 Å². The summed E-state index contributed by atoms with van der Waals surface area (Å²) in [6.07, 6.45) is 30.2. The standard InChI is InChI=1S/C29H60O2Si/c1-5-8-10-12-14-15-16-17-18-19-20-21-23-25-27-29-31-32(4,7-3)30-28-26-24-22-13-11-9-6-2/h7H,3,5-6,8-29H2,1-2,4H3. The fourth-order valence-electron chi connectivity index (χ4n) is 4.24. The average Bonchev–Trinajstić information content (AvgIpc) is 2.80. The molecule has 0 aliphatic heterocycles. The maximum absolute atomic E-state index is 6.15. The van der Waals surface area contributed by atoms with Crippen LogP contribution in [0.3, 0.4) is 0 Å². The third-order valence-electron chi connectivity index (χ3n) is 6.64. The fraction of sp³-hybridized carbons (Fsp3) is 0.931. The highest BCUT2D eigenvalue weighted by Crippen LogP contribution is 2.15. The molecule has 0 rings (SSSR count). The molecule has 0 bridgehead atoms. The lowest BCUT2D eigenvalue weighted by Gasteiger charge is -2.23. The SMILES string of the molecule is C=C[Si](C)(OCCCCCCCCC)OCCCCCCCCCCCCCCCCC. The molecule has 0 amide bonds. The van der Waals surface area contributed by atoms with Gasteiger partial charge in [-0.3, -0.25) is 0 Å². The summed E-state index contributed by atoms with van der Waals surface area (Å²) in [6, 6.07) is 0. The fourth-order valence-corrected chi connectivity index (χ4v) is 5.66. The highest BCUT2D eigenvalue weighted by atomic mass is 28.4. The molecule has 192 valence electrons. The Morgan fingerprint density at radius 1 is 0.469 bits per heavy atom. The van der Waals surface area contributed by atoms with E-state index in [2.05, 4.69) is 27.0 Å². The van der Waals surface area contributed by atoms with E-state index < -0.39 is 8.56 Å². The van der Waals surface area contributed by atoms with Crippen LogP contribution in [0, 0.1) is 0 Å². The van der Waals surface area contributed by atoms with Crippen LogP contribution in [0.25, 0.3) is 0 Å². The van der Waals surface area contributed by atoms with E-state index >= 15 is 0 Å². The van der Waals surface area contributed by atoms with Crippen LogP contribution in [0.15, 0.2) is 12.3 Å². The number of hydrogen-bond donors (Lipinski definition) is 0. The van der Waals surface area contributed by atoms with E-state index in [-0.39, 0.29) is 0 Å². The van der Waals surface area contributed by atoms with Crippen molar-refractivity contribution in [1.82, 2.24) is 0 Å². The van der Waals surface area contributed by atoms with Gasteiger partial charge in [-0.1, -0.05) is 142 Å². The summed E-state index contributed by atoms with van der Waals surface area (Å²) in [6.45, 7) is 12.4. The normalized spacial score (nSPS) is 13.3. The minimum atomic E-state index is -2.15. The van der Waals surface area contributed by atoms with Gasteiger partial charge in [0.15, 0.2) is 0 Å². The van der Waals surface area contributed by atoms with Crippen LogP contribution in [0.2, 0.25) is 6.55 Å². The van der Waals surface area contributed by atoms with Crippen LogP contribution in [-0.4, -0.2) is 21.8 Å². The molecule has 0 saturated carbocycles. The number of hydrogen-bond acceptors (Lipinski definition) is 2. The Bertz CT molecular complexity index is 374. The second kappa shape index (κ2) is 25.5. The first kappa shape index (κ1) is 31.9. The van der Waals surface area contributed by atoms with Gasteiger partial charge in [-0.25, -0.2) is 0 Å². The average molecular weight is 469 g/mol. The first-order chi connectivity index (χ1) is 15.7. The topological polar surface area (TPSA) is 18.5 Å². The monoisotopic (exact) mass is 468 g/mol. The van der Waals surface area contributed by atoms with Crippen molar-refractivity contribution in [3.63, 3.8) is 0 Å². The van der Waals surface area contributed by atoms with E-state index in [1.54, 1.807) is 0 Å². The lowest BCUT2D eigenvalue weighted by atomic mass is 10.0. The maximum atomic E-state index is 6.15. The molecule has 0 heterocycles. The van der Waals surface area contributed by atoms with Crippen molar-refractivity contribution in [1.29, 1.82) is 0 Å². The summed E-state index contributed by atoms with van der Waals surface area (Å²) in [4.78, 5) is 0. The Morgan fingerprint density at radius 3 is 0.969 bits per heavy atom. The van der Waals surface area contributed by atoms with Crippen molar-refractivity contribution < 1.29 is 8.85 Å². The van der Waals surface area contributed by atoms with Gasteiger partial charge in [-0.15, -0.1) is 6.58 Å². The molecule has 0 spiro atoms. The molecule has 0 radical (unpaired) electrons. The quantitative estimate of drug-likeness (QED) is 0.0881. The number of rotatable bonds is 27. The van der Waals surface area contributed by atoms with E-state index in [0.717, 1.165) is 26.1 Å². The van der Waals surface area contributed by atoms with Crippen molar-refractivity contribution in [2.45, 2.75) is 162 Å². The van der Waals surface area contributed by atoms with Crippen LogP contribution in [0.5, 0.6) is 0 Å². The van der Waals surface area contributed by atoms with Crippen molar-refractivity contribution in [3.05, 3.63) is 12.3 Å². The van der Waals surface area contributed by atoms with Crippen LogP contribution in [0.1, 0.15) is 155 Å². The third kappa shape index (κ3) is 23.0. The van der Waals surface area contributed by atoms with Gasteiger partial charge in [0.05, 0.1) is 0 Å². The van der Waals surface area contributed by atoms with Crippen molar-refractivity contribution >= 4 is 8.56 Å². The lowest BCUT2D eigenvalue weighted by molar-refractivity contribution is 0.177. The molecule has 2 nitrogen and oxygen atoms in total. The molecule has 0 fully saturated rings. The van der Waals surface area contributed by atoms with Crippen LogP contribution >= 0.6 is 0 Å². The van der Waals surface area contributed by atoms with Crippen LogP contribution in [0.4, 0.5) is 0 Å². The largest absolute Gasteiger partial charge is 0.391 e. The molecule has 0 aromatic carbocycles. The molecule has 3 heteroatoms. The predicted octanol–water partition coefficient (Wildman–Crippen LogP) is 10.4. The molecule has 0 aromatic rings. The van der Waals surface area contributed by atoms with E-state index in [1.807, 2.05) is 5.70 Å². The van der Waals surface area contributed by atoms with Crippen molar-refractivity contribution in [2.24, 2.45) is 0 Å². The van der Waals surface area contributed by atoms with Gasteiger partial charge in [-0.05, 0) is 25.1 Å². The first-order valence-corrected chi connectivity index (χ1v) is 17.0.